The van der Waals surface area contributed by atoms with E-state index in [1.165, 1.54) is 10.4 Å². The van der Waals surface area contributed by atoms with Crippen LogP contribution in [0.4, 0.5) is 0 Å². The van der Waals surface area contributed by atoms with E-state index in [1.807, 2.05) is 23.5 Å². The number of benzene rings is 1. The Bertz CT molecular complexity index is 509. The van der Waals surface area contributed by atoms with Gasteiger partial charge in [0.2, 0.25) is 0 Å². The van der Waals surface area contributed by atoms with E-state index in [-0.39, 0.29) is 0 Å². The van der Waals surface area contributed by atoms with Crippen molar-refractivity contribution < 1.29 is 4.74 Å². The molecule has 1 aromatic carbocycles. The Morgan fingerprint density at radius 3 is 3.00 bits per heavy atom. The summed E-state index contributed by atoms with van der Waals surface area (Å²) < 4.78 is 5.71. The number of rotatable bonds is 4. The highest BCUT2D eigenvalue weighted by atomic mass is 32.1. The lowest BCUT2D eigenvalue weighted by Crippen LogP contribution is -2.26. The van der Waals surface area contributed by atoms with Crippen molar-refractivity contribution in [2.75, 3.05) is 6.61 Å². The smallest absolute Gasteiger partial charge is 0.124 e. The SMILES string of the molecule is CCC(NC1COc2ccccc21)c1cccs1. The third-order valence-corrected chi connectivity index (χ3v) is 4.38. The Morgan fingerprint density at radius 2 is 2.22 bits per heavy atom. The Kier molecular flexibility index (Phi) is 3.35. The third kappa shape index (κ3) is 2.16. The van der Waals surface area contributed by atoms with E-state index < -0.39 is 0 Å². The molecule has 0 spiro atoms. The standard InChI is InChI=1S/C15H17NOS/c1-2-12(15-8-5-9-18-15)16-13-10-17-14-7-4-3-6-11(13)14/h3-9,12-13,16H,2,10H2,1H3. The molecule has 2 heterocycles. The summed E-state index contributed by atoms with van der Waals surface area (Å²) in [6.07, 6.45) is 1.10. The number of thiophene rings is 1. The van der Waals surface area contributed by atoms with Gasteiger partial charge in [0.1, 0.15) is 12.4 Å². The fourth-order valence-corrected chi connectivity index (χ4v) is 3.30. The molecular weight excluding hydrogens is 242 g/mol. The second-order valence-electron chi connectivity index (χ2n) is 4.54. The second kappa shape index (κ2) is 5.12. The molecule has 1 aliphatic heterocycles. The van der Waals surface area contributed by atoms with Crippen molar-refractivity contribution in [3.05, 3.63) is 52.2 Å². The molecule has 0 aliphatic carbocycles. The second-order valence-corrected chi connectivity index (χ2v) is 5.52. The van der Waals surface area contributed by atoms with E-state index in [4.69, 9.17) is 4.74 Å². The molecule has 2 nitrogen and oxygen atoms in total. The number of hydrogen-bond donors (Lipinski definition) is 1. The summed E-state index contributed by atoms with van der Waals surface area (Å²) in [4.78, 5) is 1.40. The summed E-state index contributed by atoms with van der Waals surface area (Å²) in [7, 11) is 0. The van der Waals surface area contributed by atoms with Gasteiger partial charge in [-0.1, -0.05) is 31.2 Å². The topological polar surface area (TPSA) is 21.3 Å². The Hall–Kier alpha value is -1.32. The maximum Gasteiger partial charge on any atom is 0.124 e. The monoisotopic (exact) mass is 259 g/mol. The molecule has 2 atom stereocenters. The predicted molar refractivity (Wildman–Crippen MR) is 75.2 cm³/mol. The fourth-order valence-electron chi connectivity index (χ4n) is 2.43. The van der Waals surface area contributed by atoms with Crippen molar-refractivity contribution in [3.63, 3.8) is 0 Å². The van der Waals surface area contributed by atoms with E-state index in [0.717, 1.165) is 18.8 Å². The van der Waals surface area contributed by atoms with Gasteiger partial charge in [-0.25, -0.2) is 0 Å². The summed E-state index contributed by atoms with van der Waals surface area (Å²) in [5.41, 5.74) is 1.28. The quantitative estimate of drug-likeness (QED) is 0.898. The molecule has 0 bridgehead atoms. The molecule has 0 radical (unpaired) electrons. The lowest BCUT2D eigenvalue weighted by Gasteiger charge is -2.20. The number of ether oxygens (including phenoxy) is 1. The first-order chi connectivity index (χ1) is 8.88. The molecular formula is C15H17NOS. The number of para-hydroxylation sites is 1. The van der Waals surface area contributed by atoms with E-state index in [1.54, 1.807) is 0 Å². The van der Waals surface area contributed by atoms with Crippen LogP contribution in [-0.4, -0.2) is 6.61 Å². The lowest BCUT2D eigenvalue weighted by molar-refractivity contribution is 0.296. The van der Waals surface area contributed by atoms with E-state index in [0.29, 0.717) is 12.1 Å². The van der Waals surface area contributed by atoms with Crippen LogP contribution in [0.15, 0.2) is 41.8 Å². The van der Waals surface area contributed by atoms with Gasteiger partial charge in [0.05, 0.1) is 6.04 Å². The van der Waals surface area contributed by atoms with Crippen molar-refractivity contribution in [2.45, 2.75) is 25.4 Å². The van der Waals surface area contributed by atoms with E-state index in [2.05, 4.69) is 41.9 Å². The zero-order valence-electron chi connectivity index (χ0n) is 10.4. The fraction of sp³-hybridized carbons (Fsp3) is 0.333. The van der Waals surface area contributed by atoms with Crippen molar-refractivity contribution in [1.29, 1.82) is 0 Å². The van der Waals surface area contributed by atoms with Gasteiger partial charge in [0.25, 0.3) is 0 Å². The average Bonchev–Trinajstić information content (AvgIpc) is 3.06. The van der Waals surface area contributed by atoms with Crippen molar-refractivity contribution >= 4 is 11.3 Å². The molecule has 2 unspecified atom stereocenters. The summed E-state index contributed by atoms with van der Waals surface area (Å²) in [5, 5.41) is 5.85. The Balaban J connectivity index is 1.77. The lowest BCUT2D eigenvalue weighted by atomic mass is 10.1. The van der Waals surface area contributed by atoms with Crippen LogP contribution < -0.4 is 10.1 Å². The summed E-state index contributed by atoms with van der Waals surface area (Å²) in [6.45, 7) is 2.96. The molecule has 1 N–H and O–H groups in total. The summed E-state index contributed by atoms with van der Waals surface area (Å²) in [6, 6.07) is 13.4. The van der Waals surface area contributed by atoms with Crippen LogP contribution in [0.3, 0.4) is 0 Å². The molecule has 1 aliphatic rings. The van der Waals surface area contributed by atoms with Gasteiger partial charge in [0.15, 0.2) is 0 Å². The number of nitrogens with one attached hydrogen (secondary N) is 1. The summed E-state index contributed by atoms with van der Waals surface area (Å²) >= 11 is 1.82. The van der Waals surface area contributed by atoms with Crippen LogP contribution in [0.2, 0.25) is 0 Å². The van der Waals surface area contributed by atoms with Crippen LogP contribution in [0.1, 0.15) is 35.9 Å². The maximum atomic E-state index is 5.71. The van der Waals surface area contributed by atoms with Crippen LogP contribution in [0, 0.1) is 0 Å². The van der Waals surface area contributed by atoms with Gasteiger partial charge in [-0.05, 0) is 23.9 Å². The van der Waals surface area contributed by atoms with Crippen LogP contribution in [0.25, 0.3) is 0 Å². The Morgan fingerprint density at radius 1 is 1.33 bits per heavy atom. The van der Waals surface area contributed by atoms with E-state index in [9.17, 15) is 0 Å². The van der Waals surface area contributed by atoms with Gasteiger partial charge in [0, 0.05) is 16.5 Å². The van der Waals surface area contributed by atoms with Gasteiger partial charge in [-0.15, -0.1) is 11.3 Å². The van der Waals surface area contributed by atoms with Crippen molar-refractivity contribution in [2.24, 2.45) is 0 Å². The first-order valence-corrected chi connectivity index (χ1v) is 7.27. The molecule has 0 fully saturated rings. The van der Waals surface area contributed by atoms with Gasteiger partial charge >= 0.3 is 0 Å². The first kappa shape index (κ1) is 11.8. The van der Waals surface area contributed by atoms with Gasteiger partial charge in [-0.3, -0.25) is 5.32 Å². The molecule has 18 heavy (non-hydrogen) atoms. The molecule has 3 heteroatoms. The zero-order valence-corrected chi connectivity index (χ0v) is 11.2. The average molecular weight is 259 g/mol. The molecule has 2 aromatic rings. The normalized spacial score (nSPS) is 19.3. The van der Waals surface area contributed by atoms with Gasteiger partial charge in [-0.2, -0.15) is 0 Å². The maximum absolute atomic E-state index is 5.71. The molecule has 1 aromatic heterocycles. The highest BCUT2D eigenvalue weighted by Crippen LogP contribution is 2.34. The molecule has 94 valence electrons. The van der Waals surface area contributed by atoms with Crippen LogP contribution in [0.5, 0.6) is 5.75 Å². The first-order valence-electron chi connectivity index (χ1n) is 6.39. The minimum atomic E-state index is 0.313. The highest BCUT2D eigenvalue weighted by Gasteiger charge is 2.26. The predicted octanol–water partition coefficient (Wildman–Crippen LogP) is 3.92. The van der Waals surface area contributed by atoms with Crippen LogP contribution in [-0.2, 0) is 0 Å². The minimum Gasteiger partial charge on any atom is -0.491 e. The number of hydrogen-bond acceptors (Lipinski definition) is 3. The molecule has 0 saturated heterocycles. The van der Waals surface area contributed by atoms with E-state index >= 15 is 0 Å². The third-order valence-electron chi connectivity index (χ3n) is 3.40. The highest BCUT2D eigenvalue weighted by molar-refractivity contribution is 7.10. The van der Waals surface area contributed by atoms with Gasteiger partial charge < -0.3 is 4.74 Å². The molecule has 0 amide bonds. The van der Waals surface area contributed by atoms with Crippen LogP contribution >= 0.6 is 11.3 Å². The zero-order chi connectivity index (χ0) is 12.4. The largest absolute Gasteiger partial charge is 0.491 e. The van der Waals surface area contributed by atoms with Crippen molar-refractivity contribution in [1.82, 2.24) is 5.32 Å². The molecule has 3 rings (SSSR count). The molecule has 0 saturated carbocycles. The Labute approximate surface area is 112 Å². The number of fused-ring (bicyclic) bond motifs is 1. The minimum absolute atomic E-state index is 0.313. The van der Waals surface area contributed by atoms with Crippen molar-refractivity contribution in [3.8, 4) is 5.75 Å². The summed E-state index contributed by atoms with van der Waals surface area (Å²) in [5.74, 6) is 1.02.